The number of carbonyl (C=O) groups is 1. The van der Waals surface area contributed by atoms with E-state index < -0.39 is 5.90 Å². The zero-order valence-electron chi connectivity index (χ0n) is 18.4. The standard InChI is InChI=1S/C23H22N6O3S/c1-27(2)17-11-9-16(10-12-17)13-19-22(31)29(18-7-5-4-6-8-18)23(24-19)33-15-20(30)25-21-14-28(3)26-32-21/h4-14H,15H2,1-3H3/b19-13+. The first-order valence-corrected chi connectivity index (χ1v) is 11.1. The number of carbonyl (C=O) groups excluding carboxylic acids is 1. The van der Waals surface area contributed by atoms with Gasteiger partial charge in [0.15, 0.2) is 17.5 Å². The highest BCUT2D eigenvalue weighted by atomic mass is 32.2. The number of hydrogen-bond donors (Lipinski definition) is 0. The molecule has 4 rings (SSSR count). The van der Waals surface area contributed by atoms with E-state index in [0.29, 0.717) is 16.6 Å². The van der Waals surface area contributed by atoms with Gasteiger partial charge in [-0.05, 0) is 41.8 Å². The number of benzene rings is 2. The van der Waals surface area contributed by atoms with Crippen LogP contribution in [0.5, 0.6) is 0 Å². The number of nitrogens with zero attached hydrogens (tertiary/aromatic N) is 6. The van der Waals surface area contributed by atoms with Crippen molar-refractivity contribution in [1.29, 1.82) is 0 Å². The van der Waals surface area contributed by atoms with Crippen LogP contribution < -0.4 is 19.6 Å². The average molecular weight is 463 g/mol. The van der Waals surface area contributed by atoms with Gasteiger partial charge in [0.05, 0.1) is 5.69 Å². The van der Waals surface area contributed by atoms with Gasteiger partial charge >= 0.3 is 5.88 Å². The van der Waals surface area contributed by atoms with Gasteiger partial charge < -0.3 is 10.0 Å². The van der Waals surface area contributed by atoms with Gasteiger partial charge in [0.1, 0.15) is 5.70 Å². The number of aliphatic imine (C=N–C) groups is 2. The third kappa shape index (κ3) is 5.29. The number of hydrogen-bond acceptors (Lipinski definition) is 8. The largest absolute Gasteiger partial charge is 0.861 e. The predicted octanol–water partition coefficient (Wildman–Crippen LogP) is 2.13. The highest BCUT2D eigenvalue weighted by Gasteiger charge is 2.31. The Morgan fingerprint density at radius 1 is 1.21 bits per heavy atom. The lowest BCUT2D eigenvalue weighted by Crippen LogP contribution is -2.31. The van der Waals surface area contributed by atoms with Gasteiger partial charge in [-0.25, -0.2) is 9.98 Å². The third-order valence-corrected chi connectivity index (χ3v) is 5.60. The van der Waals surface area contributed by atoms with Crippen LogP contribution in [0.2, 0.25) is 0 Å². The molecule has 0 aliphatic carbocycles. The zero-order valence-corrected chi connectivity index (χ0v) is 19.2. The van der Waals surface area contributed by atoms with Crippen molar-refractivity contribution in [2.24, 2.45) is 17.0 Å². The quantitative estimate of drug-likeness (QED) is 0.241. The monoisotopic (exact) mass is 462 g/mol. The van der Waals surface area contributed by atoms with Crippen LogP contribution in [0.15, 0.2) is 81.0 Å². The zero-order chi connectivity index (χ0) is 23.4. The Labute approximate surface area is 195 Å². The minimum absolute atomic E-state index is 0.00925. The first-order chi connectivity index (χ1) is 15.9. The van der Waals surface area contributed by atoms with Crippen LogP contribution in [-0.2, 0) is 11.8 Å². The lowest BCUT2D eigenvalue weighted by molar-refractivity contribution is -0.739. The molecule has 9 nitrogen and oxygen atoms in total. The second-order valence-corrected chi connectivity index (χ2v) is 8.34. The summed E-state index contributed by atoms with van der Waals surface area (Å²) in [6.07, 6.45) is 3.24. The lowest BCUT2D eigenvalue weighted by atomic mass is 10.1. The van der Waals surface area contributed by atoms with Crippen LogP contribution in [0.4, 0.5) is 17.3 Å². The predicted molar refractivity (Wildman–Crippen MR) is 127 cm³/mol. The number of amidine groups is 1. The molecule has 1 aliphatic heterocycles. The molecule has 0 saturated carbocycles. The van der Waals surface area contributed by atoms with E-state index in [1.165, 1.54) is 15.8 Å². The van der Waals surface area contributed by atoms with Crippen LogP contribution in [0, 0.1) is 0 Å². The van der Waals surface area contributed by atoms with Crippen LogP contribution in [-0.4, -0.2) is 42.1 Å². The summed E-state index contributed by atoms with van der Waals surface area (Å²) in [5.74, 6) is -0.567. The molecule has 2 aromatic carbocycles. The minimum atomic E-state index is -0.420. The molecule has 0 bridgehead atoms. The average Bonchev–Trinajstić information content (AvgIpc) is 3.35. The Bertz CT molecular complexity index is 1230. The molecule has 0 saturated heterocycles. The second kappa shape index (κ2) is 9.70. The van der Waals surface area contributed by atoms with Crippen molar-refractivity contribution < 1.29 is 19.1 Å². The molecule has 1 aromatic heterocycles. The number of aromatic nitrogens is 2. The van der Waals surface area contributed by atoms with Gasteiger partial charge in [-0.1, -0.05) is 46.8 Å². The molecule has 0 atom stereocenters. The molecule has 1 aliphatic rings. The van der Waals surface area contributed by atoms with E-state index in [2.05, 4.69) is 15.3 Å². The van der Waals surface area contributed by atoms with Crippen molar-refractivity contribution in [3.05, 3.63) is 72.1 Å². The second-order valence-electron chi connectivity index (χ2n) is 7.39. The maximum atomic E-state index is 13.2. The third-order valence-electron chi connectivity index (χ3n) is 4.68. The Morgan fingerprint density at radius 2 is 1.94 bits per heavy atom. The summed E-state index contributed by atoms with van der Waals surface area (Å²) in [4.78, 5) is 25.1. The van der Waals surface area contributed by atoms with E-state index in [-0.39, 0.29) is 17.5 Å². The SMILES string of the molecule is CN(C)c1ccc(/C=C2/N=C(SC/C([O-])=N/c3c[n+](C)no3)N(c3ccccc3)C2=O)cc1. The number of rotatable bonds is 6. The Hall–Kier alpha value is -3.92. The molecular weight excluding hydrogens is 440 g/mol. The molecule has 3 aromatic rings. The van der Waals surface area contributed by atoms with Crippen LogP contribution >= 0.6 is 11.8 Å². The van der Waals surface area contributed by atoms with Crippen molar-refractivity contribution in [3.63, 3.8) is 0 Å². The van der Waals surface area contributed by atoms with Crippen LogP contribution in [0.1, 0.15) is 5.56 Å². The van der Waals surface area contributed by atoms with Crippen LogP contribution in [0.25, 0.3) is 6.08 Å². The fraction of sp³-hybridized carbons (Fsp3) is 0.174. The van der Waals surface area contributed by atoms with E-state index in [1.54, 1.807) is 13.1 Å². The molecule has 0 fully saturated rings. The van der Waals surface area contributed by atoms with Gasteiger partial charge in [0, 0.05) is 25.5 Å². The highest BCUT2D eigenvalue weighted by molar-refractivity contribution is 8.14. The van der Waals surface area contributed by atoms with Gasteiger partial charge in [0.25, 0.3) is 12.1 Å². The lowest BCUT2D eigenvalue weighted by Gasteiger charge is -2.18. The first-order valence-electron chi connectivity index (χ1n) is 10.1. The summed E-state index contributed by atoms with van der Waals surface area (Å²) in [6.45, 7) is 0. The highest BCUT2D eigenvalue weighted by Crippen LogP contribution is 2.29. The topological polar surface area (TPSA) is 101 Å². The Kier molecular flexibility index (Phi) is 6.55. The number of thioether (sulfide) groups is 1. The van der Waals surface area contributed by atoms with Gasteiger partial charge in [-0.2, -0.15) is 0 Å². The molecule has 0 N–H and O–H groups in total. The van der Waals surface area contributed by atoms with Gasteiger partial charge in [-0.15, -0.1) is 0 Å². The first kappa shape index (κ1) is 22.3. The summed E-state index contributed by atoms with van der Waals surface area (Å²) < 4.78 is 6.35. The van der Waals surface area contributed by atoms with Crippen molar-refractivity contribution >= 4 is 52.1 Å². The maximum Gasteiger partial charge on any atom is 0.320 e. The summed E-state index contributed by atoms with van der Waals surface area (Å²) in [5, 5.41) is 16.3. The summed E-state index contributed by atoms with van der Waals surface area (Å²) >= 11 is 1.14. The fourth-order valence-electron chi connectivity index (χ4n) is 3.07. The maximum absolute atomic E-state index is 13.2. The smallest absolute Gasteiger partial charge is 0.320 e. The Morgan fingerprint density at radius 3 is 2.58 bits per heavy atom. The molecule has 10 heteroatoms. The Balaban J connectivity index is 1.59. The molecule has 0 spiro atoms. The fourth-order valence-corrected chi connectivity index (χ4v) is 3.87. The molecule has 168 valence electrons. The van der Waals surface area contributed by atoms with Crippen molar-refractivity contribution in [3.8, 4) is 0 Å². The molecule has 1 amide bonds. The molecule has 0 unspecified atom stereocenters. The van der Waals surface area contributed by atoms with Gasteiger partial charge in [0.2, 0.25) is 0 Å². The number of amides is 1. The molecule has 33 heavy (non-hydrogen) atoms. The van der Waals surface area contributed by atoms with E-state index in [9.17, 15) is 9.90 Å². The van der Waals surface area contributed by atoms with Crippen molar-refractivity contribution in [1.82, 2.24) is 5.27 Å². The minimum Gasteiger partial charge on any atom is -0.861 e. The number of anilines is 2. The number of para-hydroxylation sites is 1. The number of aryl methyl sites for hydroxylation is 1. The van der Waals surface area contributed by atoms with E-state index >= 15 is 0 Å². The van der Waals surface area contributed by atoms with Gasteiger partial charge in [-0.3, -0.25) is 14.2 Å². The molecular formula is C23H22N6O3S. The van der Waals surface area contributed by atoms with E-state index in [1.807, 2.05) is 73.6 Å². The summed E-state index contributed by atoms with van der Waals surface area (Å²) in [5.41, 5.74) is 2.89. The van der Waals surface area contributed by atoms with Crippen LogP contribution in [0.3, 0.4) is 0 Å². The normalized spacial score (nSPS) is 15.3. The molecule has 0 radical (unpaired) electrons. The van der Waals surface area contributed by atoms with Crippen molar-refractivity contribution in [2.45, 2.75) is 0 Å². The van der Waals surface area contributed by atoms with Crippen molar-refractivity contribution in [2.75, 3.05) is 29.6 Å². The summed E-state index contributed by atoms with van der Waals surface area (Å²) in [6, 6.07) is 17.0. The van der Waals surface area contributed by atoms with E-state index in [4.69, 9.17) is 4.52 Å². The summed E-state index contributed by atoms with van der Waals surface area (Å²) in [7, 11) is 5.60. The van der Waals surface area contributed by atoms with E-state index in [0.717, 1.165) is 23.0 Å². The molecule has 2 heterocycles.